The van der Waals surface area contributed by atoms with Crippen molar-refractivity contribution < 1.29 is 4.79 Å². The highest BCUT2D eigenvalue weighted by Crippen LogP contribution is 2.25. The molecule has 0 saturated heterocycles. The topological polar surface area (TPSA) is 49.3 Å². The average molecular weight is 322 g/mol. The molecule has 0 N–H and O–H groups in total. The Morgan fingerprint density at radius 1 is 1.04 bits per heavy atom. The van der Waals surface area contributed by atoms with Crippen molar-refractivity contribution in [2.75, 3.05) is 25.5 Å². The minimum absolute atomic E-state index is 0.124. The van der Waals surface area contributed by atoms with Crippen LogP contribution in [0.5, 0.6) is 0 Å². The van der Waals surface area contributed by atoms with Crippen LogP contribution in [-0.4, -0.2) is 41.6 Å². The quantitative estimate of drug-likeness (QED) is 0.851. The Balaban J connectivity index is 1.57. The Morgan fingerprint density at radius 3 is 2.71 bits per heavy atom. The van der Waals surface area contributed by atoms with E-state index in [0.29, 0.717) is 13.1 Å². The second-order valence-corrected chi connectivity index (χ2v) is 6.88. The summed E-state index contributed by atoms with van der Waals surface area (Å²) in [7, 11) is 3.90. The predicted octanol–water partition coefficient (Wildman–Crippen LogP) is 2.23. The van der Waals surface area contributed by atoms with Crippen LogP contribution >= 0.6 is 0 Å². The molecule has 1 aliphatic carbocycles. The van der Waals surface area contributed by atoms with Gasteiger partial charge >= 0.3 is 0 Å². The van der Waals surface area contributed by atoms with E-state index in [2.05, 4.69) is 22.3 Å². The molecule has 5 nitrogen and oxygen atoms in total. The van der Waals surface area contributed by atoms with E-state index >= 15 is 0 Å². The van der Waals surface area contributed by atoms with Crippen LogP contribution in [0.15, 0.2) is 24.3 Å². The van der Waals surface area contributed by atoms with Gasteiger partial charge in [0.15, 0.2) is 5.82 Å². The maximum Gasteiger partial charge on any atom is 0.254 e. The maximum atomic E-state index is 12.9. The lowest BCUT2D eigenvalue weighted by atomic mass is 10.0. The van der Waals surface area contributed by atoms with Crippen LogP contribution in [-0.2, 0) is 25.8 Å². The Bertz CT molecular complexity index is 800. The van der Waals surface area contributed by atoms with Crippen LogP contribution in [0.4, 0.5) is 5.82 Å². The van der Waals surface area contributed by atoms with E-state index in [1.165, 1.54) is 17.5 Å². The van der Waals surface area contributed by atoms with Gasteiger partial charge in [-0.1, -0.05) is 6.07 Å². The fourth-order valence-corrected chi connectivity index (χ4v) is 3.60. The standard InChI is InChI=1S/C19H22N4O/c1-22(2)18-11-16-12-23(9-8-17(16)20-21-18)19(24)15-7-6-13-4-3-5-14(13)10-15/h6-7,10-11H,3-5,8-9,12H2,1-2H3. The van der Waals surface area contributed by atoms with Gasteiger partial charge in [0.05, 0.1) is 5.69 Å². The van der Waals surface area contributed by atoms with Gasteiger partial charge in [-0.05, 0) is 54.2 Å². The molecule has 0 bridgehead atoms. The molecule has 2 aliphatic rings. The van der Waals surface area contributed by atoms with Crippen LogP contribution in [0.1, 0.15) is 39.2 Å². The molecular formula is C19H22N4O. The number of carbonyl (C=O) groups excluding carboxylic acids is 1. The minimum atomic E-state index is 0.124. The predicted molar refractivity (Wildman–Crippen MR) is 93.3 cm³/mol. The first-order valence-electron chi connectivity index (χ1n) is 8.56. The van der Waals surface area contributed by atoms with E-state index in [0.717, 1.165) is 41.9 Å². The molecule has 0 radical (unpaired) electrons. The molecular weight excluding hydrogens is 300 g/mol. The lowest BCUT2D eigenvalue weighted by Crippen LogP contribution is -2.36. The summed E-state index contributed by atoms with van der Waals surface area (Å²) in [5, 5.41) is 8.56. The van der Waals surface area contributed by atoms with Crippen molar-refractivity contribution in [3.63, 3.8) is 0 Å². The average Bonchev–Trinajstić information content (AvgIpc) is 3.07. The minimum Gasteiger partial charge on any atom is -0.361 e. The summed E-state index contributed by atoms with van der Waals surface area (Å²) in [5.74, 6) is 0.958. The third-order valence-electron chi connectivity index (χ3n) is 5.02. The Hall–Kier alpha value is -2.43. The second-order valence-electron chi connectivity index (χ2n) is 6.88. The van der Waals surface area contributed by atoms with Crippen molar-refractivity contribution in [2.45, 2.75) is 32.2 Å². The lowest BCUT2D eigenvalue weighted by Gasteiger charge is -2.28. The Labute approximate surface area is 142 Å². The van der Waals surface area contributed by atoms with Crippen LogP contribution in [0.3, 0.4) is 0 Å². The zero-order valence-corrected chi connectivity index (χ0v) is 14.2. The SMILES string of the molecule is CN(C)c1cc2c(nn1)CCN(C(=O)c1ccc3c(c1)CCC3)C2. The number of anilines is 1. The van der Waals surface area contributed by atoms with Crippen molar-refractivity contribution >= 4 is 11.7 Å². The number of nitrogens with zero attached hydrogens (tertiary/aromatic N) is 4. The monoisotopic (exact) mass is 322 g/mol. The number of benzene rings is 1. The number of aromatic nitrogens is 2. The van der Waals surface area contributed by atoms with Crippen molar-refractivity contribution in [3.8, 4) is 0 Å². The number of amides is 1. The van der Waals surface area contributed by atoms with Gasteiger partial charge in [0, 0.05) is 39.2 Å². The molecule has 0 unspecified atom stereocenters. The van der Waals surface area contributed by atoms with Gasteiger partial charge in [0.1, 0.15) is 0 Å². The summed E-state index contributed by atoms with van der Waals surface area (Å²) in [6.45, 7) is 1.32. The van der Waals surface area contributed by atoms with E-state index in [1.54, 1.807) is 0 Å². The Kier molecular flexibility index (Phi) is 3.71. The van der Waals surface area contributed by atoms with E-state index in [1.807, 2.05) is 36.0 Å². The highest BCUT2D eigenvalue weighted by molar-refractivity contribution is 5.94. The molecule has 1 aromatic carbocycles. The van der Waals surface area contributed by atoms with Crippen LogP contribution in [0, 0.1) is 0 Å². The second kappa shape index (κ2) is 5.89. The zero-order valence-electron chi connectivity index (χ0n) is 14.2. The van der Waals surface area contributed by atoms with Crippen molar-refractivity contribution in [1.82, 2.24) is 15.1 Å². The van der Waals surface area contributed by atoms with Gasteiger partial charge in [-0.3, -0.25) is 4.79 Å². The third-order valence-corrected chi connectivity index (χ3v) is 5.02. The van der Waals surface area contributed by atoms with Gasteiger partial charge in [0.2, 0.25) is 0 Å². The van der Waals surface area contributed by atoms with Crippen molar-refractivity contribution in [2.24, 2.45) is 0 Å². The smallest absolute Gasteiger partial charge is 0.254 e. The summed E-state index contributed by atoms with van der Waals surface area (Å²) < 4.78 is 0. The summed E-state index contributed by atoms with van der Waals surface area (Å²) in [6.07, 6.45) is 4.22. The molecule has 0 fully saturated rings. The van der Waals surface area contributed by atoms with Gasteiger partial charge in [0.25, 0.3) is 5.91 Å². The molecule has 24 heavy (non-hydrogen) atoms. The van der Waals surface area contributed by atoms with E-state index in [-0.39, 0.29) is 5.91 Å². The van der Waals surface area contributed by atoms with E-state index < -0.39 is 0 Å². The third kappa shape index (κ3) is 2.64. The van der Waals surface area contributed by atoms with Crippen LogP contribution in [0.25, 0.3) is 0 Å². The highest BCUT2D eigenvalue weighted by Gasteiger charge is 2.24. The van der Waals surface area contributed by atoms with Crippen molar-refractivity contribution in [1.29, 1.82) is 0 Å². The first kappa shape index (κ1) is 15.1. The first-order chi connectivity index (χ1) is 11.6. The first-order valence-corrected chi connectivity index (χ1v) is 8.56. The van der Waals surface area contributed by atoms with Crippen LogP contribution in [0.2, 0.25) is 0 Å². The molecule has 2 heterocycles. The summed E-state index contributed by atoms with van der Waals surface area (Å²) in [6, 6.07) is 8.25. The molecule has 1 aliphatic heterocycles. The number of hydrogen-bond acceptors (Lipinski definition) is 4. The number of aryl methyl sites for hydroxylation is 2. The molecule has 0 saturated carbocycles. The number of carbonyl (C=O) groups is 1. The zero-order chi connectivity index (χ0) is 16.7. The fraction of sp³-hybridized carbons (Fsp3) is 0.421. The fourth-order valence-electron chi connectivity index (χ4n) is 3.60. The van der Waals surface area contributed by atoms with Crippen LogP contribution < -0.4 is 4.90 Å². The number of hydrogen-bond donors (Lipinski definition) is 0. The van der Waals surface area contributed by atoms with Gasteiger partial charge < -0.3 is 9.80 Å². The number of fused-ring (bicyclic) bond motifs is 2. The Morgan fingerprint density at radius 2 is 1.88 bits per heavy atom. The molecule has 0 atom stereocenters. The molecule has 1 aromatic heterocycles. The molecule has 4 rings (SSSR count). The molecule has 5 heteroatoms. The highest BCUT2D eigenvalue weighted by atomic mass is 16.2. The molecule has 0 spiro atoms. The number of rotatable bonds is 2. The summed E-state index contributed by atoms with van der Waals surface area (Å²) >= 11 is 0. The lowest BCUT2D eigenvalue weighted by molar-refractivity contribution is 0.0733. The van der Waals surface area contributed by atoms with E-state index in [9.17, 15) is 4.79 Å². The normalized spacial score (nSPS) is 15.8. The molecule has 1 amide bonds. The van der Waals surface area contributed by atoms with Crippen molar-refractivity contribution in [3.05, 3.63) is 52.2 Å². The maximum absolute atomic E-state index is 12.9. The summed E-state index contributed by atoms with van der Waals surface area (Å²) in [4.78, 5) is 16.8. The van der Waals surface area contributed by atoms with E-state index in [4.69, 9.17) is 0 Å². The largest absolute Gasteiger partial charge is 0.361 e. The molecule has 124 valence electrons. The molecule has 2 aromatic rings. The van der Waals surface area contributed by atoms with Gasteiger partial charge in [-0.2, -0.15) is 5.10 Å². The van der Waals surface area contributed by atoms with Gasteiger partial charge in [-0.25, -0.2) is 0 Å². The van der Waals surface area contributed by atoms with Gasteiger partial charge in [-0.15, -0.1) is 5.10 Å². The summed E-state index contributed by atoms with van der Waals surface area (Å²) in [5.41, 5.74) is 5.68.